The molecule has 1 saturated heterocycles. The molecule has 0 spiro atoms. The zero-order valence-corrected chi connectivity index (χ0v) is 21.0. The SMILES string of the molecule is CCOc1ccc(/C=C(/C(=O)Nc2nc(C)c(CN3CCC(C)CC3)s2)c2ccccc2)cc1. The second-order valence-corrected chi connectivity index (χ2v) is 9.95. The van der Waals surface area contributed by atoms with Gasteiger partial charge in [0.2, 0.25) is 0 Å². The van der Waals surface area contributed by atoms with E-state index in [0.29, 0.717) is 17.3 Å². The zero-order chi connectivity index (χ0) is 23.9. The Bertz CT molecular complexity index is 1110. The van der Waals surface area contributed by atoms with Crippen LogP contribution < -0.4 is 10.1 Å². The first kappa shape index (κ1) is 24.2. The molecule has 1 aromatic heterocycles. The van der Waals surface area contributed by atoms with Gasteiger partial charge in [0.15, 0.2) is 5.13 Å². The molecular formula is C28H33N3O2S. The second-order valence-electron chi connectivity index (χ2n) is 8.87. The van der Waals surface area contributed by atoms with Gasteiger partial charge in [0.25, 0.3) is 5.91 Å². The van der Waals surface area contributed by atoms with E-state index in [0.717, 1.165) is 48.1 Å². The number of amides is 1. The molecule has 1 aliphatic heterocycles. The van der Waals surface area contributed by atoms with Crippen molar-refractivity contribution in [1.82, 2.24) is 9.88 Å². The third-order valence-electron chi connectivity index (χ3n) is 6.19. The Morgan fingerprint density at radius 1 is 1.15 bits per heavy atom. The Morgan fingerprint density at radius 2 is 1.85 bits per heavy atom. The number of nitrogens with zero attached hydrogens (tertiary/aromatic N) is 2. The Hall–Kier alpha value is -2.96. The standard InChI is InChI=1S/C28H33N3O2S/c1-4-33-24-12-10-22(11-13-24)18-25(23-8-6-5-7-9-23)27(32)30-28-29-21(3)26(34-28)19-31-16-14-20(2)15-17-31/h5-13,18,20H,4,14-17,19H2,1-3H3,(H,29,30,32)/b25-18+. The molecular weight excluding hydrogens is 442 g/mol. The highest BCUT2D eigenvalue weighted by molar-refractivity contribution is 7.15. The number of anilines is 1. The molecule has 0 radical (unpaired) electrons. The lowest BCUT2D eigenvalue weighted by atomic mass is 9.99. The van der Waals surface area contributed by atoms with Gasteiger partial charge in [-0.1, -0.05) is 49.4 Å². The minimum atomic E-state index is -0.160. The van der Waals surface area contributed by atoms with Crippen molar-refractivity contribution in [2.75, 3.05) is 25.0 Å². The van der Waals surface area contributed by atoms with E-state index in [1.807, 2.05) is 74.5 Å². The summed E-state index contributed by atoms with van der Waals surface area (Å²) in [5.74, 6) is 1.47. The maximum Gasteiger partial charge on any atom is 0.258 e. The molecule has 0 atom stereocenters. The molecule has 34 heavy (non-hydrogen) atoms. The summed E-state index contributed by atoms with van der Waals surface area (Å²) >= 11 is 1.58. The van der Waals surface area contributed by atoms with Crippen molar-refractivity contribution in [3.8, 4) is 5.75 Å². The molecule has 5 nitrogen and oxygen atoms in total. The van der Waals surface area contributed by atoms with Gasteiger partial charge in [-0.15, -0.1) is 11.3 Å². The molecule has 0 aliphatic carbocycles. The number of rotatable bonds is 8. The van der Waals surface area contributed by atoms with Crippen molar-refractivity contribution in [3.05, 3.63) is 76.3 Å². The Labute approximate surface area is 206 Å². The summed E-state index contributed by atoms with van der Waals surface area (Å²) in [5.41, 5.74) is 3.40. The summed E-state index contributed by atoms with van der Waals surface area (Å²) in [6, 6.07) is 17.5. The van der Waals surface area contributed by atoms with Crippen molar-refractivity contribution < 1.29 is 9.53 Å². The molecule has 6 heteroatoms. The number of thiazole rings is 1. The van der Waals surface area contributed by atoms with Gasteiger partial charge in [0.1, 0.15) is 5.75 Å². The molecule has 1 aliphatic rings. The summed E-state index contributed by atoms with van der Waals surface area (Å²) < 4.78 is 5.54. The normalized spacial score (nSPS) is 15.3. The van der Waals surface area contributed by atoms with Gasteiger partial charge in [-0.05, 0) is 75.0 Å². The lowest BCUT2D eigenvalue weighted by molar-refractivity contribution is -0.111. The average molecular weight is 476 g/mol. The van der Waals surface area contributed by atoms with Gasteiger partial charge in [-0.3, -0.25) is 15.0 Å². The number of aryl methyl sites for hydroxylation is 1. The molecule has 2 heterocycles. The van der Waals surface area contributed by atoms with Crippen LogP contribution in [-0.2, 0) is 11.3 Å². The van der Waals surface area contributed by atoms with E-state index in [-0.39, 0.29) is 5.91 Å². The van der Waals surface area contributed by atoms with Crippen LogP contribution in [0, 0.1) is 12.8 Å². The van der Waals surface area contributed by atoms with E-state index in [2.05, 4.69) is 22.1 Å². The fourth-order valence-corrected chi connectivity index (χ4v) is 5.11. The molecule has 1 amide bonds. The zero-order valence-electron chi connectivity index (χ0n) is 20.2. The van der Waals surface area contributed by atoms with Crippen molar-refractivity contribution >= 4 is 34.0 Å². The van der Waals surface area contributed by atoms with Gasteiger partial charge in [-0.25, -0.2) is 4.98 Å². The van der Waals surface area contributed by atoms with E-state index in [1.54, 1.807) is 11.3 Å². The number of likely N-dealkylation sites (tertiary alicyclic amines) is 1. The lowest BCUT2D eigenvalue weighted by Crippen LogP contribution is -2.32. The molecule has 1 N–H and O–H groups in total. The van der Waals surface area contributed by atoms with Crippen LogP contribution in [0.5, 0.6) is 5.75 Å². The van der Waals surface area contributed by atoms with Gasteiger partial charge >= 0.3 is 0 Å². The van der Waals surface area contributed by atoms with Gasteiger partial charge in [0.05, 0.1) is 12.3 Å². The van der Waals surface area contributed by atoms with Crippen LogP contribution in [0.15, 0.2) is 54.6 Å². The number of nitrogens with one attached hydrogen (secondary N) is 1. The maximum atomic E-state index is 13.4. The predicted octanol–water partition coefficient (Wildman–Crippen LogP) is 6.26. The van der Waals surface area contributed by atoms with Crippen LogP contribution in [0.2, 0.25) is 0 Å². The van der Waals surface area contributed by atoms with E-state index in [1.165, 1.54) is 17.7 Å². The first-order valence-corrected chi connectivity index (χ1v) is 12.8. The third-order valence-corrected chi connectivity index (χ3v) is 7.25. The number of hydrogen-bond acceptors (Lipinski definition) is 5. The molecule has 0 unspecified atom stereocenters. The topological polar surface area (TPSA) is 54.5 Å². The minimum absolute atomic E-state index is 0.160. The largest absolute Gasteiger partial charge is 0.494 e. The lowest BCUT2D eigenvalue weighted by Gasteiger charge is -2.29. The van der Waals surface area contributed by atoms with Gasteiger partial charge in [0, 0.05) is 17.0 Å². The van der Waals surface area contributed by atoms with E-state index < -0.39 is 0 Å². The summed E-state index contributed by atoms with van der Waals surface area (Å²) in [5, 5.41) is 3.70. The third kappa shape index (κ3) is 6.33. The summed E-state index contributed by atoms with van der Waals surface area (Å²) in [4.78, 5) is 21.8. The number of piperidine rings is 1. The first-order valence-electron chi connectivity index (χ1n) is 12.0. The number of hydrogen-bond donors (Lipinski definition) is 1. The molecule has 2 aromatic carbocycles. The Kier molecular flexibility index (Phi) is 8.14. The smallest absolute Gasteiger partial charge is 0.258 e. The van der Waals surface area contributed by atoms with Gasteiger partial charge in [-0.2, -0.15) is 0 Å². The Morgan fingerprint density at radius 3 is 2.53 bits per heavy atom. The van der Waals surface area contributed by atoms with Crippen molar-refractivity contribution in [3.63, 3.8) is 0 Å². The summed E-state index contributed by atoms with van der Waals surface area (Å²) in [6.45, 7) is 10.1. The molecule has 178 valence electrons. The molecule has 3 aromatic rings. The number of carbonyl (C=O) groups is 1. The fraction of sp³-hybridized carbons (Fsp3) is 0.357. The van der Waals surface area contributed by atoms with Crippen LogP contribution in [-0.4, -0.2) is 35.5 Å². The fourth-order valence-electron chi connectivity index (χ4n) is 4.11. The van der Waals surface area contributed by atoms with Crippen LogP contribution in [0.4, 0.5) is 5.13 Å². The quantitative estimate of drug-likeness (QED) is 0.309. The van der Waals surface area contributed by atoms with E-state index in [4.69, 9.17) is 4.74 Å². The molecule has 0 bridgehead atoms. The van der Waals surface area contributed by atoms with Crippen molar-refractivity contribution in [1.29, 1.82) is 0 Å². The molecule has 1 fully saturated rings. The monoisotopic (exact) mass is 475 g/mol. The van der Waals surface area contributed by atoms with Crippen molar-refractivity contribution in [2.45, 2.75) is 40.2 Å². The first-order chi connectivity index (χ1) is 16.5. The highest BCUT2D eigenvalue weighted by atomic mass is 32.1. The predicted molar refractivity (Wildman–Crippen MR) is 141 cm³/mol. The second kappa shape index (κ2) is 11.4. The summed E-state index contributed by atoms with van der Waals surface area (Å²) in [6.07, 6.45) is 4.41. The van der Waals surface area contributed by atoms with Crippen LogP contribution in [0.25, 0.3) is 11.6 Å². The minimum Gasteiger partial charge on any atom is -0.494 e. The van der Waals surface area contributed by atoms with E-state index in [9.17, 15) is 4.79 Å². The highest BCUT2D eigenvalue weighted by Gasteiger charge is 2.20. The molecule has 0 saturated carbocycles. The van der Waals surface area contributed by atoms with Crippen LogP contribution in [0.3, 0.4) is 0 Å². The van der Waals surface area contributed by atoms with Crippen molar-refractivity contribution in [2.24, 2.45) is 5.92 Å². The van der Waals surface area contributed by atoms with Crippen LogP contribution >= 0.6 is 11.3 Å². The number of aromatic nitrogens is 1. The van der Waals surface area contributed by atoms with Gasteiger partial charge < -0.3 is 4.74 Å². The molecule has 4 rings (SSSR count). The Balaban J connectivity index is 1.52. The average Bonchev–Trinajstić information content (AvgIpc) is 3.19. The van der Waals surface area contributed by atoms with E-state index >= 15 is 0 Å². The summed E-state index contributed by atoms with van der Waals surface area (Å²) in [7, 11) is 0. The van der Waals surface area contributed by atoms with Crippen LogP contribution in [0.1, 0.15) is 48.4 Å². The maximum absolute atomic E-state index is 13.4. The highest BCUT2D eigenvalue weighted by Crippen LogP contribution is 2.28. The number of carbonyl (C=O) groups excluding carboxylic acids is 1. The number of ether oxygens (including phenoxy) is 1. The number of benzene rings is 2.